The molecule has 0 aliphatic heterocycles. The molecule has 2 bridgehead atoms. The normalized spacial score (nSPS) is 34.4. The number of rotatable bonds is 4. The molecule has 2 aliphatic carbocycles. The highest BCUT2D eigenvalue weighted by atomic mass is 79.9. The Morgan fingerprint density at radius 1 is 1.44 bits per heavy atom. The van der Waals surface area contributed by atoms with Gasteiger partial charge in [-0.2, -0.15) is 0 Å². The van der Waals surface area contributed by atoms with Gasteiger partial charge in [0.2, 0.25) is 0 Å². The van der Waals surface area contributed by atoms with Crippen LogP contribution < -0.4 is 0 Å². The van der Waals surface area contributed by atoms with E-state index in [-0.39, 0.29) is 0 Å². The van der Waals surface area contributed by atoms with Gasteiger partial charge in [0.05, 0.1) is 0 Å². The standard InChI is InChI=1S/C13H19BrN2/c14-12(8-13-15-3-4-16-13)7-11-6-9-1-2-10(11)5-9/h3-4,9-12H,1-2,5-8H2,(H,15,16). The van der Waals surface area contributed by atoms with Gasteiger partial charge in [0.1, 0.15) is 5.82 Å². The van der Waals surface area contributed by atoms with Crippen LogP contribution in [0.5, 0.6) is 0 Å². The lowest BCUT2D eigenvalue weighted by atomic mass is 9.85. The molecule has 4 unspecified atom stereocenters. The lowest BCUT2D eigenvalue weighted by Gasteiger charge is -2.23. The van der Waals surface area contributed by atoms with Crippen LogP contribution in [0.15, 0.2) is 12.4 Å². The van der Waals surface area contributed by atoms with E-state index in [0.29, 0.717) is 4.83 Å². The van der Waals surface area contributed by atoms with E-state index in [1.165, 1.54) is 32.1 Å². The Morgan fingerprint density at radius 2 is 2.38 bits per heavy atom. The molecule has 3 rings (SSSR count). The highest BCUT2D eigenvalue weighted by Gasteiger charge is 2.39. The summed E-state index contributed by atoms with van der Waals surface area (Å²) in [6, 6.07) is 0. The molecule has 2 saturated carbocycles. The average Bonchev–Trinajstić information content (AvgIpc) is 2.92. The van der Waals surface area contributed by atoms with E-state index in [1.54, 1.807) is 0 Å². The summed E-state index contributed by atoms with van der Waals surface area (Å²) in [5, 5.41) is 0. The molecule has 1 N–H and O–H groups in total. The summed E-state index contributed by atoms with van der Waals surface area (Å²) in [6.07, 6.45) is 12.1. The number of fused-ring (bicyclic) bond motifs is 2. The van der Waals surface area contributed by atoms with Gasteiger partial charge in [0, 0.05) is 23.6 Å². The van der Waals surface area contributed by atoms with Crippen LogP contribution in [0.25, 0.3) is 0 Å². The zero-order valence-corrected chi connectivity index (χ0v) is 11.1. The van der Waals surface area contributed by atoms with Crippen LogP contribution in [-0.4, -0.2) is 14.8 Å². The van der Waals surface area contributed by atoms with Crippen LogP contribution in [0.3, 0.4) is 0 Å². The second kappa shape index (κ2) is 4.52. The minimum Gasteiger partial charge on any atom is -0.349 e. The molecule has 2 fully saturated rings. The van der Waals surface area contributed by atoms with E-state index in [2.05, 4.69) is 25.9 Å². The minimum atomic E-state index is 0.600. The Kier molecular flexibility index (Phi) is 3.05. The molecule has 4 atom stereocenters. The average molecular weight is 283 g/mol. The van der Waals surface area contributed by atoms with Crippen LogP contribution >= 0.6 is 15.9 Å². The SMILES string of the molecule is BrC(Cc1ncc[nH]1)CC1CC2CCC1C2. The summed E-state index contributed by atoms with van der Waals surface area (Å²) in [4.78, 5) is 8.08. The van der Waals surface area contributed by atoms with E-state index in [9.17, 15) is 0 Å². The molecule has 3 heteroatoms. The molecule has 0 amide bonds. The van der Waals surface area contributed by atoms with Gasteiger partial charge < -0.3 is 4.98 Å². The van der Waals surface area contributed by atoms with Crippen molar-refractivity contribution in [1.29, 1.82) is 0 Å². The van der Waals surface area contributed by atoms with E-state index in [1.807, 2.05) is 12.4 Å². The number of imidazole rings is 1. The van der Waals surface area contributed by atoms with E-state index < -0.39 is 0 Å². The minimum absolute atomic E-state index is 0.600. The molecule has 0 spiro atoms. The molecular formula is C13H19BrN2. The van der Waals surface area contributed by atoms with Gasteiger partial charge in [0.15, 0.2) is 0 Å². The van der Waals surface area contributed by atoms with Crippen LogP contribution in [0.2, 0.25) is 0 Å². The summed E-state index contributed by atoms with van der Waals surface area (Å²) in [6.45, 7) is 0. The third-order valence-corrected chi connectivity index (χ3v) is 5.11. The van der Waals surface area contributed by atoms with Gasteiger partial charge >= 0.3 is 0 Å². The van der Waals surface area contributed by atoms with Crippen molar-refractivity contribution in [3.8, 4) is 0 Å². The molecule has 1 aromatic heterocycles. The lowest BCUT2D eigenvalue weighted by Crippen LogP contribution is -2.17. The maximum Gasteiger partial charge on any atom is 0.107 e. The third kappa shape index (κ3) is 2.20. The zero-order chi connectivity index (χ0) is 11.0. The smallest absolute Gasteiger partial charge is 0.107 e. The van der Waals surface area contributed by atoms with E-state index >= 15 is 0 Å². The van der Waals surface area contributed by atoms with E-state index in [4.69, 9.17) is 0 Å². The Morgan fingerprint density at radius 3 is 3.00 bits per heavy atom. The maximum atomic E-state index is 4.29. The quantitative estimate of drug-likeness (QED) is 0.841. The van der Waals surface area contributed by atoms with Crippen molar-refractivity contribution < 1.29 is 0 Å². The summed E-state index contributed by atoms with van der Waals surface area (Å²) in [5.41, 5.74) is 0. The Hall–Kier alpha value is -0.310. The van der Waals surface area contributed by atoms with Crippen molar-refractivity contribution in [2.75, 3.05) is 0 Å². The highest BCUT2D eigenvalue weighted by Crippen LogP contribution is 2.50. The molecule has 2 aliphatic rings. The number of hydrogen-bond acceptors (Lipinski definition) is 1. The monoisotopic (exact) mass is 282 g/mol. The first kappa shape index (κ1) is 10.8. The summed E-state index contributed by atoms with van der Waals surface area (Å²) in [7, 11) is 0. The first-order chi connectivity index (χ1) is 7.81. The molecule has 88 valence electrons. The van der Waals surface area contributed by atoms with Crippen LogP contribution in [0.4, 0.5) is 0 Å². The van der Waals surface area contributed by atoms with Crippen LogP contribution in [0.1, 0.15) is 37.9 Å². The Labute approximate surface area is 105 Å². The number of halogens is 1. The van der Waals surface area contributed by atoms with Gasteiger partial charge in [-0.15, -0.1) is 0 Å². The third-order valence-electron chi connectivity index (χ3n) is 4.41. The second-order valence-electron chi connectivity index (χ2n) is 5.51. The predicted octanol–water partition coefficient (Wildman–Crippen LogP) is 3.54. The molecule has 16 heavy (non-hydrogen) atoms. The van der Waals surface area contributed by atoms with Crippen LogP contribution in [-0.2, 0) is 6.42 Å². The van der Waals surface area contributed by atoms with Gasteiger partial charge in [-0.25, -0.2) is 4.98 Å². The molecule has 1 aromatic rings. The lowest BCUT2D eigenvalue weighted by molar-refractivity contribution is 0.312. The number of nitrogens with one attached hydrogen (secondary N) is 1. The highest BCUT2D eigenvalue weighted by molar-refractivity contribution is 9.09. The number of aromatic amines is 1. The van der Waals surface area contributed by atoms with Crippen molar-refractivity contribution in [3.05, 3.63) is 18.2 Å². The van der Waals surface area contributed by atoms with Crippen molar-refractivity contribution in [2.45, 2.75) is 43.4 Å². The molecule has 0 saturated heterocycles. The Balaban J connectivity index is 1.51. The van der Waals surface area contributed by atoms with Crippen molar-refractivity contribution in [1.82, 2.24) is 9.97 Å². The number of alkyl halides is 1. The van der Waals surface area contributed by atoms with Gasteiger partial charge in [-0.1, -0.05) is 22.4 Å². The zero-order valence-electron chi connectivity index (χ0n) is 9.53. The number of H-pyrrole nitrogens is 1. The topological polar surface area (TPSA) is 28.7 Å². The van der Waals surface area contributed by atoms with E-state index in [0.717, 1.165) is 30.0 Å². The van der Waals surface area contributed by atoms with Crippen molar-refractivity contribution in [2.24, 2.45) is 17.8 Å². The predicted molar refractivity (Wildman–Crippen MR) is 68.6 cm³/mol. The molecule has 0 radical (unpaired) electrons. The Bertz CT molecular complexity index is 336. The van der Waals surface area contributed by atoms with Crippen LogP contribution in [0, 0.1) is 17.8 Å². The molecule has 0 aromatic carbocycles. The van der Waals surface area contributed by atoms with Gasteiger partial charge in [-0.05, 0) is 43.4 Å². The van der Waals surface area contributed by atoms with Gasteiger partial charge in [0.25, 0.3) is 0 Å². The largest absolute Gasteiger partial charge is 0.349 e. The summed E-state index contributed by atoms with van der Waals surface area (Å²) < 4.78 is 0. The van der Waals surface area contributed by atoms with Gasteiger partial charge in [-0.3, -0.25) is 0 Å². The molecule has 2 nitrogen and oxygen atoms in total. The fourth-order valence-electron chi connectivity index (χ4n) is 3.70. The summed E-state index contributed by atoms with van der Waals surface area (Å²) in [5.74, 6) is 4.21. The molecule has 1 heterocycles. The first-order valence-corrected chi connectivity index (χ1v) is 7.35. The maximum absolute atomic E-state index is 4.29. The van der Waals surface area contributed by atoms with Crippen molar-refractivity contribution in [3.63, 3.8) is 0 Å². The second-order valence-corrected chi connectivity index (χ2v) is 6.80. The number of hydrogen-bond donors (Lipinski definition) is 1. The fourth-order valence-corrected chi connectivity index (χ4v) is 4.48. The fraction of sp³-hybridized carbons (Fsp3) is 0.769. The van der Waals surface area contributed by atoms with Crippen molar-refractivity contribution >= 4 is 15.9 Å². The first-order valence-electron chi connectivity index (χ1n) is 6.43. The molecular weight excluding hydrogens is 264 g/mol. The number of aromatic nitrogens is 2. The summed E-state index contributed by atoms with van der Waals surface area (Å²) >= 11 is 3.82. The number of nitrogens with zero attached hydrogens (tertiary/aromatic N) is 1.